The predicted octanol–water partition coefficient (Wildman–Crippen LogP) is 1.88. The van der Waals surface area contributed by atoms with Crippen molar-refractivity contribution in [3.8, 4) is 0 Å². The number of carbonyl (C=O) groups is 1. The fourth-order valence-electron chi connectivity index (χ4n) is 3.01. The maximum atomic E-state index is 12.5. The molecule has 1 unspecified atom stereocenters. The quantitative estimate of drug-likeness (QED) is 0.873. The fourth-order valence-corrected chi connectivity index (χ4v) is 3.01. The Bertz CT molecular complexity index is 655. The minimum Gasteiger partial charge on any atom is -0.375 e. The van der Waals surface area contributed by atoms with Crippen LogP contribution in [0.15, 0.2) is 60.7 Å². The van der Waals surface area contributed by atoms with Crippen molar-refractivity contribution in [2.75, 3.05) is 37.7 Å². The molecule has 5 heteroatoms. The maximum absolute atomic E-state index is 12.5. The van der Waals surface area contributed by atoms with Crippen molar-refractivity contribution in [2.45, 2.75) is 12.6 Å². The number of nitrogens with two attached hydrogens (primary N) is 1. The molecule has 0 aromatic heterocycles. The summed E-state index contributed by atoms with van der Waals surface area (Å²) in [6.07, 6.45) is 0. The summed E-state index contributed by atoms with van der Waals surface area (Å²) in [6.45, 7) is 3.76. The summed E-state index contributed by atoms with van der Waals surface area (Å²) < 4.78 is 5.60. The van der Waals surface area contributed by atoms with Crippen LogP contribution in [0.5, 0.6) is 0 Å². The van der Waals surface area contributed by atoms with E-state index in [1.165, 1.54) is 5.69 Å². The van der Waals surface area contributed by atoms with E-state index in [1.54, 1.807) is 0 Å². The van der Waals surface area contributed by atoms with Gasteiger partial charge in [-0.25, -0.2) is 0 Å². The van der Waals surface area contributed by atoms with Gasteiger partial charge >= 0.3 is 0 Å². The van der Waals surface area contributed by atoms with Crippen LogP contribution in [-0.4, -0.2) is 49.6 Å². The molecule has 1 atom stereocenters. The Morgan fingerprint density at radius 3 is 2.20 bits per heavy atom. The first-order valence-corrected chi connectivity index (χ1v) is 8.70. The summed E-state index contributed by atoms with van der Waals surface area (Å²) in [5, 5.41) is 0. The molecule has 2 N–H and O–H groups in total. The average Bonchev–Trinajstić information content (AvgIpc) is 2.69. The smallest absolute Gasteiger partial charge is 0.241 e. The molecular weight excluding hydrogens is 314 g/mol. The van der Waals surface area contributed by atoms with Gasteiger partial charge in [0, 0.05) is 31.9 Å². The van der Waals surface area contributed by atoms with Gasteiger partial charge in [-0.05, 0) is 17.7 Å². The zero-order valence-corrected chi connectivity index (χ0v) is 14.4. The van der Waals surface area contributed by atoms with Crippen LogP contribution in [0.25, 0.3) is 0 Å². The Balaban J connectivity index is 1.42. The van der Waals surface area contributed by atoms with E-state index in [2.05, 4.69) is 17.0 Å². The molecule has 1 heterocycles. The van der Waals surface area contributed by atoms with Crippen LogP contribution in [-0.2, 0) is 16.1 Å². The molecule has 0 saturated carbocycles. The van der Waals surface area contributed by atoms with E-state index < -0.39 is 6.04 Å². The van der Waals surface area contributed by atoms with Gasteiger partial charge in [0.2, 0.25) is 5.91 Å². The largest absolute Gasteiger partial charge is 0.375 e. The first kappa shape index (κ1) is 17.5. The lowest BCUT2D eigenvalue weighted by molar-refractivity contribution is -0.134. The second-order valence-corrected chi connectivity index (χ2v) is 6.26. The summed E-state index contributed by atoms with van der Waals surface area (Å²) in [6, 6.07) is 19.6. The number of benzene rings is 2. The van der Waals surface area contributed by atoms with E-state index in [1.807, 2.05) is 53.4 Å². The van der Waals surface area contributed by atoms with E-state index in [0.29, 0.717) is 19.7 Å². The van der Waals surface area contributed by atoms with Gasteiger partial charge in [-0.3, -0.25) is 4.79 Å². The molecule has 3 rings (SSSR count). The van der Waals surface area contributed by atoms with Crippen molar-refractivity contribution >= 4 is 11.6 Å². The van der Waals surface area contributed by atoms with Gasteiger partial charge in [0.1, 0.15) is 6.04 Å². The summed E-state index contributed by atoms with van der Waals surface area (Å²) >= 11 is 0. The highest BCUT2D eigenvalue weighted by atomic mass is 16.5. The molecule has 1 aliphatic rings. The normalized spacial score (nSPS) is 15.9. The molecule has 1 saturated heterocycles. The van der Waals surface area contributed by atoms with Crippen LogP contribution < -0.4 is 10.6 Å². The van der Waals surface area contributed by atoms with E-state index >= 15 is 0 Å². The van der Waals surface area contributed by atoms with Crippen molar-refractivity contribution < 1.29 is 9.53 Å². The van der Waals surface area contributed by atoms with Crippen molar-refractivity contribution in [2.24, 2.45) is 5.73 Å². The summed E-state index contributed by atoms with van der Waals surface area (Å²) in [4.78, 5) is 16.6. The minimum atomic E-state index is -0.605. The van der Waals surface area contributed by atoms with E-state index in [-0.39, 0.29) is 12.5 Å². The Labute approximate surface area is 149 Å². The molecule has 0 radical (unpaired) electrons. The zero-order valence-electron chi connectivity index (χ0n) is 14.4. The van der Waals surface area contributed by atoms with Crippen LogP contribution in [0.2, 0.25) is 0 Å². The van der Waals surface area contributed by atoms with Crippen LogP contribution in [0.3, 0.4) is 0 Å². The lowest BCUT2D eigenvalue weighted by atomic mass is 10.2. The number of nitrogens with zero attached hydrogens (tertiary/aromatic N) is 2. The van der Waals surface area contributed by atoms with Crippen LogP contribution in [0.4, 0.5) is 5.69 Å². The van der Waals surface area contributed by atoms with E-state index in [0.717, 1.165) is 18.7 Å². The summed E-state index contributed by atoms with van der Waals surface area (Å²) in [5.41, 5.74) is 8.31. The number of hydrogen-bond donors (Lipinski definition) is 1. The molecule has 0 aliphatic carbocycles. The fraction of sp³-hybridized carbons (Fsp3) is 0.350. The Hall–Kier alpha value is -2.37. The first-order chi connectivity index (χ1) is 12.2. The number of piperazine rings is 1. The molecule has 1 fully saturated rings. The number of rotatable bonds is 6. The van der Waals surface area contributed by atoms with Crippen molar-refractivity contribution in [1.82, 2.24) is 4.90 Å². The van der Waals surface area contributed by atoms with Crippen LogP contribution in [0.1, 0.15) is 5.56 Å². The SMILES string of the molecule is NC(COCc1ccccc1)C(=O)N1CCN(c2ccccc2)CC1. The molecule has 1 amide bonds. The van der Waals surface area contributed by atoms with Gasteiger partial charge in [-0.15, -0.1) is 0 Å². The van der Waals surface area contributed by atoms with Gasteiger partial charge < -0.3 is 20.3 Å². The molecule has 2 aromatic rings. The van der Waals surface area contributed by atoms with Gasteiger partial charge in [0.15, 0.2) is 0 Å². The second kappa shape index (κ2) is 8.65. The Kier molecular flexibility index (Phi) is 6.04. The first-order valence-electron chi connectivity index (χ1n) is 8.70. The molecule has 5 nitrogen and oxygen atoms in total. The maximum Gasteiger partial charge on any atom is 0.241 e. The van der Waals surface area contributed by atoms with Crippen molar-refractivity contribution in [3.05, 3.63) is 66.2 Å². The van der Waals surface area contributed by atoms with Gasteiger partial charge in [-0.2, -0.15) is 0 Å². The third kappa shape index (κ3) is 4.81. The molecule has 2 aromatic carbocycles. The summed E-state index contributed by atoms with van der Waals surface area (Å²) in [5.74, 6) is -0.0271. The van der Waals surface area contributed by atoms with E-state index in [4.69, 9.17) is 10.5 Å². The Morgan fingerprint density at radius 1 is 0.960 bits per heavy atom. The topological polar surface area (TPSA) is 58.8 Å². The number of ether oxygens (including phenoxy) is 1. The third-order valence-electron chi connectivity index (χ3n) is 4.44. The Morgan fingerprint density at radius 2 is 1.56 bits per heavy atom. The van der Waals surface area contributed by atoms with Crippen molar-refractivity contribution in [3.63, 3.8) is 0 Å². The van der Waals surface area contributed by atoms with Gasteiger partial charge in [0.05, 0.1) is 13.2 Å². The number of para-hydroxylation sites is 1. The van der Waals surface area contributed by atoms with Gasteiger partial charge in [-0.1, -0.05) is 48.5 Å². The van der Waals surface area contributed by atoms with E-state index in [9.17, 15) is 4.79 Å². The van der Waals surface area contributed by atoms with Crippen molar-refractivity contribution in [1.29, 1.82) is 0 Å². The molecule has 132 valence electrons. The molecule has 1 aliphatic heterocycles. The predicted molar refractivity (Wildman–Crippen MR) is 99.3 cm³/mol. The van der Waals surface area contributed by atoms with Crippen LogP contribution in [0, 0.1) is 0 Å². The lowest BCUT2D eigenvalue weighted by Gasteiger charge is -2.37. The monoisotopic (exact) mass is 339 g/mol. The molecule has 0 spiro atoms. The second-order valence-electron chi connectivity index (χ2n) is 6.26. The highest BCUT2D eigenvalue weighted by Gasteiger charge is 2.25. The zero-order chi connectivity index (χ0) is 17.5. The molecule has 0 bridgehead atoms. The highest BCUT2D eigenvalue weighted by Crippen LogP contribution is 2.15. The minimum absolute atomic E-state index is 0.0271. The standard InChI is InChI=1S/C20H25N3O2/c21-19(16-25-15-17-7-3-1-4-8-17)20(24)23-13-11-22(12-14-23)18-9-5-2-6-10-18/h1-10,19H,11-16,21H2. The lowest BCUT2D eigenvalue weighted by Crippen LogP contribution is -2.54. The number of hydrogen-bond acceptors (Lipinski definition) is 4. The summed E-state index contributed by atoms with van der Waals surface area (Å²) in [7, 11) is 0. The molecule has 25 heavy (non-hydrogen) atoms. The molecular formula is C20H25N3O2. The third-order valence-corrected chi connectivity index (χ3v) is 4.44. The number of amides is 1. The number of anilines is 1. The highest BCUT2D eigenvalue weighted by molar-refractivity contribution is 5.82. The number of carbonyl (C=O) groups excluding carboxylic acids is 1. The van der Waals surface area contributed by atoms with Gasteiger partial charge in [0.25, 0.3) is 0 Å². The average molecular weight is 339 g/mol. The van der Waals surface area contributed by atoms with Crippen LogP contribution >= 0.6 is 0 Å².